The third kappa shape index (κ3) is 6.87. The second kappa shape index (κ2) is 8.29. The number of rotatable bonds is 8. The fourth-order valence-electron chi connectivity index (χ4n) is 1.56. The number of hydrogen-bond donors (Lipinski definition) is 2. The fraction of sp³-hybridized carbons (Fsp3) is 0.467. The summed E-state index contributed by atoms with van der Waals surface area (Å²) in [7, 11) is 0. The van der Waals surface area contributed by atoms with Crippen molar-refractivity contribution in [3.63, 3.8) is 0 Å². The van der Waals surface area contributed by atoms with E-state index in [-0.39, 0.29) is 5.91 Å². The molecule has 0 fully saturated rings. The third-order valence-electron chi connectivity index (χ3n) is 3.04. The first-order valence-corrected chi connectivity index (χ1v) is 8.17. The normalized spacial score (nSPS) is 11.2. The van der Waals surface area contributed by atoms with E-state index in [1.807, 2.05) is 24.3 Å². The summed E-state index contributed by atoms with van der Waals surface area (Å²) in [6, 6.07) is 7.53. The number of hydrogen-bond acceptors (Lipinski definition) is 3. The van der Waals surface area contributed by atoms with Crippen molar-refractivity contribution in [2.45, 2.75) is 26.0 Å². The summed E-state index contributed by atoms with van der Waals surface area (Å²) in [4.78, 5) is 22.6. The van der Waals surface area contributed by atoms with Crippen molar-refractivity contribution in [3.05, 3.63) is 34.9 Å². The lowest BCUT2D eigenvalue weighted by Gasteiger charge is -2.18. The van der Waals surface area contributed by atoms with Crippen molar-refractivity contribution in [2.24, 2.45) is 5.41 Å². The van der Waals surface area contributed by atoms with Crippen LogP contribution in [0, 0.1) is 5.41 Å². The molecule has 2 N–H and O–H groups in total. The highest BCUT2D eigenvalue weighted by Gasteiger charge is 2.26. The first-order chi connectivity index (χ1) is 9.81. The second-order valence-electron chi connectivity index (χ2n) is 5.41. The number of carbonyl (C=O) groups excluding carboxylic acids is 1. The molecule has 0 aliphatic rings. The van der Waals surface area contributed by atoms with E-state index in [0.717, 1.165) is 5.56 Å². The third-order valence-corrected chi connectivity index (χ3v) is 4.28. The van der Waals surface area contributed by atoms with Gasteiger partial charge in [0.1, 0.15) is 0 Å². The zero-order valence-electron chi connectivity index (χ0n) is 12.2. The summed E-state index contributed by atoms with van der Waals surface area (Å²) in [5, 5.41) is 12.4. The molecule has 116 valence electrons. The van der Waals surface area contributed by atoms with Gasteiger partial charge in [-0.15, -0.1) is 11.8 Å². The smallest absolute Gasteiger partial charge is 0.309 e. The quantitative estimate of drug-likeness (QED) is 0.768. The van der Waals surface area contributed by atoms with Gasteiger partial charge in [-0.2, -0.15) is 0 Å². The van der Waals surface area contributed by atoms with Crippen LogP contribution in [-0.4, -0.2) is 29.3 Å². The van der Waals surface area contributed by atoms with Crippen LogP contribution in [0.15, 0.2) is 24.3 Å². The van der Waals surface area contributed by atoms with E-state index in [2.05, 4.69) is 5.32 Å². The van der Waals surface area contributed by atoms with Crippen LogP contribution in [0.4, 0.5) is 0 Å². The first-order valence-electron chi connectivity index (χ1n) is 6.63. The highest BCUT2D eigenvalue weighted by atomic mass is 35.5. The lowest BCUT2D eigenvalue weighted by atomic mass is 9.90. The van der Waals surface area contributed by atoms with Crippen molar-refractivity contribution in [1.82, 2.24) is 5.32 Å². The van der Waals surface area contributed by atoms with Gasteiger partial charge < -0.3 is 10.4 Å². The minimum atomic E-state index is -0.855. The van der Waals surface area contributed by atoms with Crippen LogP contribution < -0.4 is 5.32 Å². The van der Waals surface area contributed by atoms with Gasteiger partial charge in [-0.25, -0.2) is 0 Å². The van der Waals surface area contributed by atoms with Gasteiger partial charge in [0.2, 0.25) is 5.91 Å². The Morgan fingerprint density at radius 1 is 1.38 bits per heavy atom. The van der Waals surface area contributed by atoms with E-state index >= 15 is 0 Å². The number of aliphatic carboxylic acids is 1. The molecule has 0 saturated carbocycles. The van der Waals surface area contributed by atoms with Gasteiger partial charge in [-0.3, -0.25) is 9.59 Å². The van der Waals surface area contributed by atoms with E-state index in [4.69, 9.17) is 16.7 Å². The van der Waals surface area contributed by atoms with Gasteiger partial charge in [0.05, 0.1) is 11.2 Å². The molecule has 6 heteroatoms. The molecule has 0 atom stereocenters. The Balaban J connectivity index is 2.21. The molecule has 0 bridgehead atoms. The Hall–Kier alpha value is -1.20. The molecule has 0 aromatic heterocycles. The average Bonchev–Trinajstić information content (AvgIpc) is 2.38. The molecule has 21 heavy (non-hydrogen) atoms. The van der Waals surface area contributed by atoms with Crippen molar-refractivity contribution in [2.75, 3.05) is 12.3 Å². The minimum absolute atomic E-state index is 0.0804. The van der Waals surface area contributed by atoms with Crippen molar-refractivity contribution in [1.29, 1.82) is 0 Å². The molecule has 4 nitrogen and oxygen atoms in total. The summed E-state index contributed by atoms with van der Waals surface area (Å²) in [5.41, 5.74) is 0.258. The van der Waals surface area contributed by atoms with Crippen LogP contribution in [-0.2, 0) is 15.3 Å². The van der Waals surface area contributed by atoms with Gasteiger partial charge in [0, 0.05) is 17.3 Å². The van der Waals surface area contributed by atoms with Crippen molar-refractivity contribution in [3.8, 4) is 0 Å². The van der Waals surface area contributed by atoms with Crippen LogP contribution in [0.3, 0.4) is 0 Å². The monoisotopic (exact) mass is 329 g/mol. The van der Waals surface area contributed by atoms with E-state index in [9.17, 15) is 9.59 Å². The number of nitrogens with one attached hydrogen (secondary N) is 1. The van der Waals surface area contributed by atoms with Crippen molar-refractivity contribution < 1.29 is 14.7 Å². The van der Waals surface area contributed by atoms with E-state index in [1.54, 1.807) is 13.8 Å². The van der Waals surface area contributed by atoms with Crippen LogP contribution in [0.1, 0.15) is 25.8 Å². The molecule has 0 aliphatic heterocycles. The maximum atomic E-state index is 11.7. The lowest BCUT2D eigenvalue weighted by Crippen LogP contribution is -2.32. The molecule has 1 aromatic carbocycles. The van der Waals surface area contributed by atoms with Gasteiger partial charge in [0.15, 0.2) is 0 Å². The summed E-state index contributed by atoms with van der Waals surface area (Å²) < 4.78 is 0. The summed E-state index contributed by atoms with van der Waals surface area (Å²) >= 11 is 7.39. The first kappa shape index (κ1) is 17.9. The van der Waals surface area contributed by atoms with Gasteiger partial charge in [-0.05, 0) is 38.0 Å². The Kier molecular flexibility index (Phi) is 7.05. The highest BCUT2D eigenvalue weighted by Crippen LogP contribution is 2.19. The largest absolute Gasteiger partial charge is 0.481 e. The second-order valence-corrected chi connectivity index (χ2v) is 6.83. The van der Waals surface area contributed by atoms with Crippen LogP contribution in [0.25, 0.3) is 0 Å². The summed E-state index contributed by atoms with van der Waals surface area (Å²) in [5.74, 6) is 0.129. The standard InChI is InChI=1S/C15H20ClNO3S/c1-15(2,14(19)20)6-7-17-13(18)10-21-9-11-4-3-5-12(16)8-11/h3-5,8H,6-7,9-10H2,1-2H3,(H,17,18)(H,19,20). The maximum Gasteiger partial charge on any atom is 0.309 e. The molecule has 0 radical (unpaired) electrons. The Bertz CT molecular complexity index is 505. The predicted molar refractivity (Wildman–Crippen MR) is 86.7 cm³/mol. The van der Waals surface area contributed by atoms with Crippen LogP contribution >= 0.6 is 23.4 Å². The fourth-order valence-corrected chi connectivity index (χ4v) is 2.58. The Labute approximate surface area is 134 Å². The highest BCUT2D eigenvalue weighted by molar-refractivity contribution is 7.99. The molecule has 1 amide bonds. The summed E-state index contributed by atoms with van der Waals surface area (Å²) in [6.45, 7) is 3.67. The number of amides is 1. The summed E-state index contributed by atoms with van der Waals surface area (Å²) in [6.07, 6.45) is 0.410. The molecule has 0 saturated heterocycles. The van der Waals surface area contributed by atoms with Crippen LogP contribution in [0.2, 0.25) is 5.02 Å². The predicted octanol–water partition coefficient (Wildman–Crippen LogP) is 3.19. The molecule has 1 rings (SSSR count). The average molecular weight is 330 g/mol. The number of halogens is 1. The van der Waals surface area contributed by atoms with E-state index < -0.39 is 11.4 Å². The van der Waals surface area contributed by atoms with Crippen molar-refractivity contribution >= 4 is 35.2 Å². The molecule has 1 aromatic rings. The number of thioether (sulfide) groups is 1. The Morgan fingerprint density at radius 2 is 2.10 bits per heavy atom. The molecule has 0 spiro atoms. The molecular formula is C15H20ClNO3S. The molecular weight excluding hydrogens is 310 g/mol. The molecule has 0 unspecified atom stereocenters. The molecule has 0 aliphatic carbocycles. The Morgan fingerprint density at radius 3 is 2.71 bits per heavy atom. The zero-order chi connectivity index (χ0) is 15.9. The number of carboxylic acid groups (broad SMARTS) is 1. The number of carbonyl (C=O) groups is 2. The van der Waals surface area contributed by atoms with Gasteiger partial charge in [0.25, 0.3) is 0 Å². The minimum Gasteiger partial charge on any atom is -0.481 e. The SMILES string of the molecule is CC(C)(CCNC(=O)CSCc1cccc(Cl)c1)C(=O)O. The van der Waals surface area contributed by atoms with E-state index in [1.165, 1.54) is 11.8 Å². The van der Waals surface area contributed by atoms with E-state index in [0.29, 0.717) is 29.5 Å². The topological polar surface area (TPSA) is 66.4 Å². The lowest BCUT2D eigenvalue weighted by molar-refractivity contribution is -0.147. The zero-order valence-corrected chi connectivity index (χ0v) is 13.8. The number of benzene rings is 1. The van der Waals surface area contributed by atoms with Crippen LogP contribution in [0.5, 0.6) is 0 Å². The van der Waals surface area contributed by atoms with Gasteiger partial charge in [-0.1, -0.05) is 23.7 Å². The maximum absolute atomic E-state index is 11.7. The number of carboxylic acids is 1. The van der Waals surface area contributed by atoms with Gasteiger partial charge >= 0.3 is 5.97 Å². The molecule has 0 heterocycles.